The van der Waals surface area contributed by atoms with Gasteiger partial charge in [0.05, 0.1) is 6.61 Å². The van der Waals surface area contributed by atoms with Crippen molar-refractivity contribution in [3.05, 3.63) is 38.8 Å². The Hall–Kier alpha value is -2.01. The Morgan fingerprint density at radius 2 is 1.88 bits per heavy atom. The Morgan fingerprint density at radius 1 is 1.23 bits per heavy atom. The van der Waals surface area contributed by atoms with Crippen LogP contribution in [0, 0.1) is 13.8 Å². The van der Waals surface area contributed by atoms with Crippen molar-refractivity contribution in [3.8, 4) is 0 Å². The van der Waals surface area contributed by atoms with E-state index >= 15 is 0 Å². The van der Waals surface area contributed by atoms with E-state index in [9.17, 15) is 28.2 Å². The maximum absolute atomic E-state index is 13.1. The van der Waals surface area contributed by atoms with Crippen LogP contribution in [0.4, 0.5) is 13.2 Å². The van der Waals surface area contributed by atoms with Crippen molar-refractivity contribution >= 4 is 11.0 Å². The quantitative estimate of drug-likeness (QED) is 0.616. The number of aryl methyl sites for hydroxylation is 1. The largest absolute Gasteiger partial charge is 0.433 e. The molecule has 4 atom stereocenters. The Kier molecular flexibility index (Phi) is 4.55. The molecule has 0 aromatic carbocycles. The van der Waals surface area contributed by atoms with Crippen LogP contribution < -0.4 is 5.56 Å². The fourth-order valence-corrected chi connectivity index (χ4v) is 3.13. The molecule has 26 heavy (non-hydrogen) atoms. The normalized spacial score (nSPS) is 26.6. The molecule has 2 aromatic heterocycles. The summed E-state index contributed by atoms with van der Waals surface area (Å²) in [6.45, 7) is 2.19. The lowest BCUT2D eigenvalue weighted by molar-refractivity contribution is -0.141. The average Bonchev–Trinajstić information content (AvgIpc) is 2.84. The Labute approximate surface area is 145 Å². The van der Waals surface area contributed by atoms with Crippen molar-refractivity contribution in [2.24, 2.45) is 0 Å². The molecular weight excluding hydrogens is 357 g/mol. The molecule has 3 heterocycles. The second kappa shape index (κ2) is 6.31. The number of aromatic amines is 1. The first-order valence-corrected chi connectivity index (χ1v) is 7.80. The maximum Gasteiger partial charge on any atom is 0.433 e. The highest BCUT2D eigenvalue weighted by molar-refractivity contribution is 5.81. The van der Waals surface area contributed by atoms with Crippen molar-refractivity contribution in [3.63, 3.8) is 0 Å². The second-order valence-electron chi connectivity index (χ2n) is 6.28. The number of hydrogen-bond donors (Lipinski definition) is 4. The molecule has 1 fully saturated rings. The number of nitrogens with one attached hydrogen (secondary N) is 1. The lowest BCUT2D eigenvalue weighted by Gasteiger charge is -2.17. The predicted octanol–water partition coefficient (Wildman–Crippen LogP) is 0.713. The van der Waals surface area contributed by atoms with Crippen LogP contribution in [0.15, 0.2) is 10.9 Å². The van der Waals surface area contributed by atoms with Crippen molar-refractivity contribution in [1.82, 2.24) is 9.97 Å². The van der Waals surface area contributed by atoms with Gasteiger partial charge in [0.15, 0.2) is 0 Å². The number of hydrogen-bond acceptors (Lipinski definition) is 6. The molecule has 0 amide bonds. The molecule has 1 saturated heterocycles. The zero-order valence-electron chi connectivity index (χ0n) is 13.8. The van der Waals surface area contributed by atoms with Crippen LogP contribution in [-0.4, -0.2) is 50.2 Å². The summed E-state index contributed by atoms with van der Waals surface area (Å²) in [5.41, 5.74) is -1.99. The van der Waals surface area contributed by atoms with Crippen molar-refractivity contribution in [2.75, 3.05) is 6.61 Å². The van der Waals surface area contributed by atoms with Crippen LogP contribution in [0.3, 0.4) is 0 Å². The van der Waals surface area contributed by atoms with Crippen molar-refractivity contribution < 1.29 is 33.2 Å². The SMILES string of the molecule is Cc1c(C(F)(F)F)nc2[nH]c(=O)c([C@@H]3O[C@H](CO)C(O)C3O)cc2c1C. The second-order valence-corrected chi connectivity index (χ2v) is 6.28. The van der Waals surface area contributed by atoms with E-state index in [2.05, 4.69) is 9.97 Å². The van der Waals surface area contributed by atoms with Crippen molar-refractivity contribution in [2.45, 2.75) is 44.4 Å². The zero-order valence-corrected chi connectivity index (χ0v) is 13.8. The number of nitrogens with zero attached hydrogens (tertiary/aromatic N) is 1. The number of aliphatic hydroxyl groups excluding tert-OH is 3. The first-order valence-electron chi connectivity index (χ1n) is 7.80. The van der Waals surface area contributed by atoms with E-state index in [1.807, 2.05) is 0 Å². The van der Waals surface area contributed by atoms with Gasteiger partial charge in [-0.1, -0.05) is 0 Å². The summed E-state index contributed by atoms with van der Waals surface area (Å²) in [5, 5.41) is 29.3. The van der Waals surface area contributed by atoms with E-state index in [4.69, 9.17) is 9.84 Å². The van der Waals surface area contributed by atoms with Gasteiger partial charge in [-0.2, -0.15) is 13.2 Å². The summed E-state index contributed by atoms with van der Waals surface area (Å²) in [7, 11) is 0. The number of fused-ring (bicyclic) bond motifs is 1. The van der Waals surface area contributed by atoms with Crippen LogP contribution in [0.2, 0.25) is 0 Å². The molecule has 0 bridgehead atoms. The third-order valence-corrected chi connectivity index (χ3v) is 4.71. The monoisotopic (exact) mass is 374 g/mol. The molecule has 2 aromatic rings. The third kappa shape index (κ3) is 2.88. The Balaban J connectivity index is 2.18. The molecule has 3 rings (SSSR count). The number of alkyl halides is 3. The number of aliphatic hydroxyl groups is 3. The van der Waals surface area contributed by atoms with Gasteiger partial charge in [0, 0.05) is 10.9 Å². The molecule has 1 aliphatic heterocycles. The van der Waals surface area contributed by atoms with Gasteiger partial charge in [0.2, 0.25) is 0 Å². The molecule has 2 unspecified atom stereocenters. The summed E-state index contributed by atoms with van der Waals surface area (Å²) in [5.74, 6) is 0. The van der Waals surface area contributed by atoms with Gasteiger partial charge in [-0.05, 0) is 31.0 Å². The number of rotatable bonds is 2. The molecule has 142 valence electrons. The van der Waals surface area contributed by atoms with Gasteiger partial charge in [-0.25, -0.2) is 4.98 Å². The first kappa shape index (κ1) is 18.8. The maximum atomic E-state index is 13.1. The van der Waals surface area contributed by atoms with Crippen molar-refractivity contribution in [1.29, 1.82) is 0 Å². The molecule has 0 saturated carbocycles. The summed E-state index contributed by atoms with van der Waals surface area (Å²) in [6, 6.07) is 1.30. The van der Waals surface area contributed by atoms with Crippen LogP contribution in [-0.2, 0) is 10.9 Å². The lowest BCUT2D eigenvalue weighted by atomic mass is 9.99. The fourth-order valence-electron chi connectivity index (χ4n) is 3.13. The standard InChI is InChI=1S/C16H17F3N2O5/c1-5-6(2)13(16(17,18)19)20-14-7(5)3-8(15(25)21-14)12-11(24)10(23)9(4-22)26-12/h3,9-12,22-24H,4H2,1-2H3,(H,20,21,25)/t9-,10?,11?,12+/m1/s1. The molecule has 10 heteroatoms. The van der Waals surface area contributed by atoms with E-state index in [0.717, 1.165) is 0 Å². The summed E-state index contributed by atoms with van der Waals surface area (Å²) < 4.78 is 44.6. The highest BCUT2D eigenvalue weighted by Crippen LogP contribution is 2.36. The minimum Gasteiger partial charge on any atom is -0.394 e. The predicted molar refractivity (Wildman–Crippen MR) is 83.6 cm³/mol. The van der Waals surface area contributed by atoms with E-state index in [-0.39, 0.29) is 27.7 Å². The number of halogens is 3. The number of aromatic nitrogens is 2. The van der Waals surface area contributed by atoms with Gasteiger partial charge in [0.25, 0.3) is 5.56 Å². The van der Waals surface area contributed by atoms with Crippen LogP contribution in [0.1, 0.15) is 28.5 Å². The lowest BCUT2D eigenvalue weighted by Crippen LogP contribution is -2.33. The summed E-state index contributed by atoms with van der Waals surface area (Å²) in [6.07, 6.45) is -9.82. The minimum atomic E-state index is -4.66. The molecule has 0 radical (unpaired) electrons. The molecule has 4 N–H and O–H groups in total. The van der Waals surface area contributed by atoms with Gasteiger partial charge in [-0.15, -0.1) is 0 Å². The van der Waals surface area contributed by atoms with E-state index in [1.54, 1.807) is 0 Å². The summed E-state index contributed by atoms with van der Waals surface area (Å²) in [4.78, 5) is 18.1. The number of pyridine rings is 2. The number of H-pyrrole nitrogens is 1. The fraction of sp³-hybridized carbons (Fsp3) is 0.500. The molecule has 7 nitrogen and oxygen atoms in total. The topological polar surface area (TPSA) is 116 Å². The van der Waals surface area contributed by atoms with E-state index in [1.165, 1.54) is 19.9 Å². The molecule has 0 aliphatic carbocycles. The highest BCUT2D eigenvalue weighted by atomic mass is 19.4. The van der Waals surface area contributed by atoms with Crippen LogP contribution in [0.25, 0.3) is 11.0 Å². The van der Waals surface area contributed by atoms with Gasteiger partial charge >= 0.3 is 6.18 Å². The third-order valence-electron chi connectivity index (χ3n) is 4.71. The smallest absolute Gasteiger partial charge is 0.394 e. The Morgan fingerprint density at radius 3 is 2.42 bits per heavy atom. The first-order chi connectivity index (χ1) is 12.1. The summed E-state index contributed by atoms with van der Waals surface area (Å²) >= 11 is 0. The van der Waals surface area contributed by atoms with E-state index in [0.29, 0.717) is 0 Å². The zero-order chi connectivity index (χ0) is 19.4. The molecule has 1 aliphatic rings. The molecule has 0 spiro atoms. The van der Waals surface area contributed by atoms with E-state index < -0.39 is 48.5 Å². The van der Waals surface area contributed by atoms with Gasteiger partial charge in [-0.3, -0.25) is 4.79 Å². The Bertz CT molecular complexity index is 911. The molecular formula is C16H17F3N2O5. The van der Waals surface area contributed by atoms with Crippen LogP contribution >= 0.6 is 0 Å². The minimum absolute atomic E-state index is 0.0657. The van der Waals surface area contributed by atoms with Crippen LogP contribution in [0.5, 0.6) is 0 Å². The number of ether oxygens (including phenoxy) is 1. The average molecular weight is 374 g/mol. The van der Waals surface area contributed by atoms with Gasteiger partial charge < -0.3 is 25.0 Å². The van der Waals surface area contributed by atoms with Gasteiger partial charge in [0.1, 0.15) is 35.8 Å². The highest BCUT2D eigenvalue weighted by Gasteiger charge is 2.44.